The van der Waals surface area contributed by atoms with Gasteiger partial charge in [0, 0.05) is 77.2 Å². The average Bonchev–Trinajstić information content (AvgIpc) is 3.77. The second-order valence-corrected chi connectivity index (χ2v) is 14.2. The normalized spacial score (nSPS) is 15.3. The summed E-state index contributed by atoms with van der Waals surface area (Å²) in [5.74, 6) is 1.04. The monoisotopic (exact) mass is 772 g/mol. The zero-order valence-electron chi connectivity index (χ0n) is 28.6. The Morgan fingerprint density at radius 1 is 1.02 bits per heavy atom. The molecule has 1 fully saturated rings. The van der Waals surface area contributed by atoms with Gasteiger partial charge in [-0.25, -0.2) is 0 Å². The lowest BCUT2D eigenvalue weighted by atomic mass is 10.00. The van der Waals surface area contributed by atoms with E-state index in [2.05, 4.69) is 66.1 Å². The number of benzene rings is 3. The zero-order chi connectivity index (χ0) is 35.7. The molecule has 0 spiro atoms. The molecule has 3 aromatic carbocycles. The maximum Gasteiger partial charge on any atom is 0.142 e. The predicted octanol–water partition coefficient (Wildman–Crippen LogP) is 6.86. The fourth-order valence-corrected chi connectivity index (χ4v) is 7.11. The van der Waals surface area contributed by atoms with Crippen molar-refractivity contribution >= 4 is 38.4 Å². The molecule has 3 N–H and O–H groups in total. The molecule has 0 radical (unpaired) electrons. The van der Waals surface area contributed by atoms with E-state index in [-0.39, 0.29) is 32.0 Å². The van der Waals surface area contributed by atoms with Gasteiger partial charge in [-0.05, 0) is 78.0 Å². The lowest BCUT2D eigenvalue weighted by molar-refractivity contribution is 0.175. The number of ether oxygens (including phenoxy) is 2. The number of aliphatic hydroxyl groups excluding tert-OH is 2. The van der Waals surface area contributed by atoms with Crippen molar-refractivity contribution in [3.05, 3.63) is 105 Å². The van der Waals surface area contributed by atoms with E-state index in [0.29, 0.717) is 28.6 Å². The lowest BCUT2D eigenvalue weighted by Gasteiger charge is -2.18. The van der Waals surface area contributed by atoms with Crippen molar-refractivity contribution in [3.63, 3.8) is 0 Å². The number of nitrogens with zero attached hydrogens (tertiary/aromatic N) is 5. The first kappa shape index (κ1) is 36.8. The van der Waals surface area contributed by atoms with Gasteiger partial charge in [0.2, 0.25) is 0 Å². The molecule has 1 aliphatic rings. The number of fused-ring (bicyclic) bond motifs is 1. The molecule has 0 amide bonds. The molecule has 0 saturated carbocycles. The summed E-state index contributed by atoms with van der Waals surface area (Å²) in [5, 5.41) is 38.1. The minimum Gasteiger partial charge on any atom is -0.488 e. The van der Waals surface area contributed by atoms with Crippen LogP contribution in [0.15, 0.2) is 77.7 Å². The highest BCUT2D eigenvalue weighted by molar-refractivity contribution is 9.10. The molecule has 2 aromatic heterocycles. The third kappa shape index (κ3) is 9.26. The summed E-state index contributed by atoms with van der Waals surface area (Å²) in [6.07, 6.45) is 7.90. The molecule has 0 bridgehead atoms. The Bertz CT molecular complexity index is 2000. The first-order valence-electron chi connectivity index (χ1n) is 17.2. The smallest absolute Gasteiger partial charge is 0.142 e. The van der Waals surface area contributed by atoms with E-state index in [4.69, 9.17) is 26.2 Å². The zero-order valence-corrected chi connectivity index (χ0v) is 30.9. The third-order valence-electron chi connectivity index (χ3n) is 9.13. The number of halogens is 2. The van der Waals surface area contributed by atoms with Crippen LogP contribution in [0.2, 0.25) is 5.02 Å². The number of nitrogens with one attached hydrogen (secondary N) is 1. The molecular formula is C39H42BrClN6O4. The van der Waals surface area contributed by atoms with Gasteiger partial charge in [0.05, 0.1) is 35.0 Å². The quantitative estimate of drug-likeness (QED) is 0.0922. The molecule has 266 valence electrons. The van der Waals surface area contributed by atoms with E-state index in [1.165, 1.54) is 6.20 Å². The van der Waals surface area contributed by atoms with Gasteiger partial charge < -0.3 is 29.9 Å². The van der Waals surface area contributed by atoms with E-state index in [1.54, 1.807) is 18.3 Å². The van der Waals surface area contributed by atoms with Crippen molar-refractivity contribution in [3.8, 4) is 28.7 Å². The summed E-state index contributed by atoms with van der Waals surface area (Å²) < 4.78 is 15.6. The first-order valence-corrected chi connectivity index (χ1v) is 18.4. The van der Waals surface area contributed by atoms with Crippen molar-refractivity contribution in [1.82, 2.24) is 25.0 Å². The van der Waals surface area contributed by atoms with Gasteiger partial charge in [-0.15, -0.1) is 0 Å². The fraction of sp³-hybridized carbons (Fsp3) is 0.359. The predicted molar refractivity (Wildman–Crippen MR) is 202 cm³/mol. The second kappa shape index (κ2) is 17.5. The van der Waals surface area contributed by atoms with Crippen LogP contribution in [0.1, 0.15) is 48.4 Å². The number of hydrogen-bond acceptors (Lipinski definition) is 9. The Hall–Kier alpha value is -4.02. The van der Waals surface area contributed by atoms with Crippen LogP contribution in [0.25, 0.3) is 22.0 Å². The Morgan fingerprint density at radius 2 is 1.82 bits per heavy atom. The molecule has 12 heteroatoms. The van der Waals surface area contributed by atoms with Gasteiger partial charge in [-0.1, -0.05) is 41.9 Å². The molecule has 6 rings (SSSR count). The molecular weight excluding hydrogens is 732 g/mol. The van der Waals surface area contributed by atoms with Crippen LogP contribution in [0.4, 0.5) is 0 Å². The molecule has 10 nitrogen and oxygen atoms in total. The van der Waals surface area contributed by atoms with Crippen molar-refractivity contribution in [2.75, 3.05) is 26.2 Å². The summed E-state index contributed by atoms with van der Waals surface area (Å²) in [5.41, 5.74) is 6.18. The third-order valence-corrected chi connectivity index (χ3v) is 10.4. The first-order chi connectivity index (χ1) is 24.8. The van der Waals surface area contributed by atoms with Gasteiger partial charge >= 0.3 is 0 Å². The largest absolute Gasteiger partial charge is 0.488 e. The minimum atomic E-state index is -0.181. The molecule has 1 saturated heterocycles. The SMILES string of the molecule is CC(CO)NCc1cc(Cl)c(OCc2cccc(-c3cccc4c3cnn4CCCCN3CCC(O)C3)c2Br)cc1OCc1cncc(C#N)c1. The van der Waals surface area contributed by atoms with E-state index < -0.39 is 0 Å². The number of unbranched alkanes of at least 4 members (excludes halogenated alkanes) is 1. The van der Waals surface area contributed by atoms with Crippen molar-refractivity contribution in [2.45, 2.75) is 64.6 Å². The number of aliphatic hydroxyl groups is 2. The summed E-state index contributed by atoms with van der Waals surface area (Å²) in [6.45, 7) is 6.36. The lowest BCUT2D eigenvalue weighted by Crippen LogP contribution is -2.28. The number of likely N-dealkylation sites (tertiary alicyclic amines) is 1. The van der Waals surface area contributed by atoms with Crippen LogP contribution >= 0.6 is 27.5 Å². The number of pyridine rings is 1. The number of rotatable bonds is 16. The van der Waals surface area contributed by atoms with Crippen LogP contribution < -0.4 is 14.8 Å². The van der Waals surface area contributed by atoms with Crippen molar-refractivity contribution in [2.24, 2.45) is 0 Å². The molecule has 0 aliphatic carbocycles. The van der Waals surface area contributed by atoms with Gasteiger partial charge in [0.25, 0.3) is 0 Å². The fourth-order valence-electron chi connectivity index (χ4n) is 6.28. The summed E-state index contributed by atoms with van der Waals surface area (Å²) in [6, 6.07) is 19.8. The number of β-amino-alcohol motifs (C(OH)–C–C–N with tert-alkyl or cyclic N) is 1. The highest BCUT2D eigenvalue weighted by atomic mass is 79.9. The molecule has 51 heavy (non-hydrogen) atoms. The van der Waals surface area contributed by atoms with Gasteiger partial charge in [0.15, 0.2) is 0 Å². The molecule has 1 aliphatic heterocycles. The Morgan fingerprint density at radius 3 is 2.63 bits per heavy atom. The summed E-state index contributed by atoms with van der Waals surface area (Å²) in [4.78, 5) is 6.47. The Labute approximate surface area is 311 Å². The molecule has 2 atom stereocenters. The highest BCUT2D eigenvalue weighted by Crippen LogP contribution is 2.38. The number of aryl methyl sites for hydroxylation is 1. The topological polar surface area (TPSA) is 129 Å². The van der Waals surface area contributed by atoms with E-state index in [1.807, 2.05) is 31.3 Å². The average molecular weight is 774 g/mol. The van der Waals surface area contributed by atoms with E-state index in [0.717, 1.165) is 88.6 Å². The van der Waals surface area contributed by atoms with E-state index in [9.17, 15) is 15.5 Å². The maximum atomic E-state index is 9.80. The summed E-state index contributed by atoms with van der Waals surface area (Å²) in [7, 11) is 0. The van der Waals surface area contributed by atoms with E-state index >= 15 is 0 Å². The van der Waals surface area contributed by atoms with Crippen LogP contribution in [-0.2, 0) is 26.3 Å². The molecule has 3 heterocycles. The Balaban J connectivity index is 1.17. The van der Waals surface area contributed by atoms with Gasteiger partial charge in [-0.2, -0.15) is 10.4 Å². The number of hydrogen-bond donors (Lipinski definition) is 3. The highest BCUT2D eigenvalue weighted by Gasteiger charge is 2.20. The standard InChI is InChI=1S/C39H42BrClN6O4/c1-26(23-48)44-20-30-15-35(41)38(16-37(30)50-24-28-14-27(17-42)18-43-19-28)51-25-29-6-4-8-33(39(29)40)32-7-5-9-36-34(32)21-45-47(36)12-3-2-11-46-13-10-31(49)22-46/h4-9,14-16,18-19,21,26,31,44,48-49H,2-3,10-13,20,22-25H2,1H3. The van der Waals surface area contributed by atoms with Crippen LogP contribution in [0.3, 0.4) is 0 Å². The molecule has 5 aromatic rings. The maximum absolute atomic E-state index is 9.80. The second-order valence-electron chi connectivity index (χ2n) is 13.0. The van der Waals surface area contributed by atoms with Crippen LogP contribution in [0.5, 0.6) is 11.5 Å². The molecule has 2 unspecified atom stereocenters. The van der Waals surface area contributed by atoms with Gasteiger partial charge in [-0.3, -0.25) is 9.67 Å². The van der Waals surface area contributed by atoms with Crippen molar-refractivity contribution in [1.29, 1.82) is 5.26 Å². The number of nitriles is 1. The number of aromatic nitrogens is 3. The summed E-state index contributed by atoms with van der Waals surface area (Å²) >= 11 is 10.6. The van der Waals surface area contributed by atoms with Gasteiger partial charge in [0.1, 0.15) is 30.8 Å². The Kier molecular flexibility index (Phi) is 12.6. The van der Waals surface area contributed by atoms with Crippen molar-refractivity contribution < 1.29 is 19.7 Å². The van der Waals surface area contributed by atoms with Crippen LogP contribution in [-0.4, -0.2) is 68.3 Å². The van der Waals surface area contributed by atoms with Crippen LogP contribution in [0, 0.1) is 11.3 Å². The minimum absolute atomic E-state index is 0.00544.